The molecule has 0 radical (unpaired) electrons. The van der Waals surface area contributed by atoms with Gasteiger partial charge in [-0.25, -0.2) is 9.97 Å². The highest BCUT2D eigenvalue weighted by Gasteiger charge is 2.15. The van der Waals surface area contributed by atoms with Crippen LogP contribution in [-0.4, -0.2) is 23.8 Å². The molecule has 38 heavy (non-hydrogen) atoms. The lowest BCUT2D eigenvalue weighted by Crippen LogP contribution is -1.90. The summed E-state index contributed by atoms with van der Waals surface area (Å²) in [6.45, 7) is 0. The van der Waals surface area contributed by atoms with Gasteiger partial charge in [-0.1, -0.05) is 48.5 Å². The van der Waals surface area contributed by atoms with Crippen molar-refractivity contribution in [3.8, 4) is 33.9 Å². The van der Waals surface area contributed by atoms with Crippen molar-refractivity contribution in [2.45, 2.75) is 0 Å². The number of benzene rings is 3. The molecule has 8 aromatic rings. The molecule has 5 aromatic heterocycles. The highest BCUT2D eigenvalue weighted by Crippen LogP contribution is 2.32. The lowest BCUT2D eigenvalue weighted by atomic mass is 10.0. The van der Waals surface area contributed by atoms with Crippen LogP contribution in [0.5, 0.6) is 0 Å². The summed E-state index contributed by atoms with van der Waals surface area (Å²) in [6.07, 6.45) is 3.87. The molecule has 0 amide bonds. The highest BCUT2D eigenvalue weighted by atomic mass is 15.0. The van der Waals surface area contributed by atoms with Gasteiger partial charge in [0, 0.05) is 18.0 Å². The first kappa shape index (κ1) is 20.9. The first-order valence-electron chi connectivity index (χ1n) is 12.6. The Morgan fingerprint density at radius 3 is 2.34 bits per heavy atom. The van der Waals surface area contributed by atoms with Crippen LogP contribution in [0.15, 0.2) is 128 Å². The summed E-state index contributed by atoms with van der Waals surface area (Å²) in [5, 5.41) is 1.17. The van der Waals surface area contributed by atoms with Gasteiger partial charge in [0.1, 0.15) is 17.2 Å². The van der Waals surface area contributed by atoms with Crippen LogP contribution in [0.25, 0.3) is 67.0 Å². The lowest BCUT2D eigenvalue weighted by Gasteiger charge is -2.09. The molecule has 0 aliphatic heterocycles. The summed E-state index contributed by atoms with van der Waals surface area (Å²) >= 11 is 0. The van der Waals surface area contributed by atoms with Gasteiger partial charge >= 0.3 is 0 Å². The SMILES string of the molecule is c1ccc(-c2nc(-c3cccc(-c4ccc5c(ccc6nc7ccccc7n65)c4)c3)n3ccccc23)nc1. The van der Waals surface area contributed by atoms with Gasteiger partial charge in [0.15, 0.2) is 0 Å². The summed E-state index contributed by atoms with van der Waals surface area (Å²) in [4.78, 5) is 14.4. The van der Waals surface area contributed by atoms with Crippen molar-refractivity contribution in [1.29, 1.82) is 0 Å². The van der Waals surface area contributed by atoms with E-state index in [9.17, 15) is 0 Å². The second kappa shape index (κ2) is 8.11. The van der Waals surface area contributed by atoms with Crippen molar-refractivity contribution in [2.75, 3.05) is 0 Å². The van der Waals surface area contributed by atoms with E-state index in [0.717, 1.165) is 61.6 Å². The standard InChI is InChI=1S/C33H21N5/c1-2-12-29-26(10-1)35-31-17-15-24-20-23(14-16-28(24)38(29)31)22-8-7-9-25(21-22)33-36-32(27-11-3-5-18-34-27)30-13-4-6-19-37(30)33/h1-21H. The fraction of sp³-hybridized carbons (Fsp3) is 0. The zero-order chi connectivity index (χ0) is 25.1. The molecule has 3 aromatic carbocycles. The summed E-state index contributed by atoms with van der Waals surface area (Å²) in [7, 11) is 0. The van der Waals surface area contributed by atoms with Crippen molar-refractivity contribution in [3.05, 3.63) is 128 Å². The molecule has 0 spiro atoms. The quantitative estimate of drug-likeness (QED) is 0.257. The van der Waals surface area contributed by atoms with E-state index in [1.807, 2.05) is 42.6 Å². The van der Waals surface area contributed by atoms with Crippen molar-refractivity contribution in [1.82, 2.24) is 23.8 Å². The molecule has 0 fully saturated rings. The summed E-state index contributed by atoms with van der Waals surface area (Å²) in [5.41, 5.74) is 10.4. The van der Waals surface area contributed by atoms with Crippen molar-refractivity contribution in [2.24, 2.45) is 0 Å². The number of nitrogens with zero attached hydrogens (tertiary/aromatic N) is 5. The van der Waals surface area contributed by atoms with Gasteiger partial charge in [0.2, 0.25) is 0 Å². The molecule has 5 heterocycles. The van der Waals surface area contributed by atoms with E-state index in [1.54, 1.807) is 0 Å². The first-order valence-corrected chi connectivity index (χ1v) is 12.6. The van der Waals surface area contributed by atoms with Crippen LogP contribution in [0.1, 0.15) is 0 Å². The first-order chi connectivity index (χ1) is 18.8. The van der Waals surface area contributed by atoms with E-state index >= 15 is 0 Å². The monoisotopic (exact) mass is 487 g/mol. The Balaban J connectivity index is 1.27. The summed E-state index contributed by atoms with van der Waals surface area (Å²) < 4.78 is 4.38. The Morgan fingerprint density at radius 1 is 0.553 bits per heavy atom. The molecule has 0 atom stereocenters. The smallest absolute Gasteiger partial charge is 0.145 e. The Kier molecular flexibility index (Phi) is 4.45. The third-order valence-corrected chi connectivity index (χ3v) is 7.18. The number of fused-ring (bicyclic) bond motifs is 6. The molecule has 0 aliphatic rings. The van der Waals surface area contributed by atoms with E-state index in [-0.39, 0.29) is 0 Å². The van der Waals surface area contributed by atoms with Gasteiger partial charge in [0.25, 0.3) is 0 Å². The zero-order valence-electron chi connectivity index (χ0n) is 20.4. The van der Waals surface area contributed by atoms with Gasteiger partial charge in [-0.15, -0.1) is 0 Å². The number of para-hydroxylation sites is 2. The number of aromatic nitrogens is 5. The summed E-state index contributed by atoms with van der Waals surface area (Å²) in [6, 6.07) is 39.9. The largest absolute Gasteiger partial charge is 0.299 e. The maximum atomic E-state index is 5.06. The Bertz CT molecular complexity index is 2140. The van der Waals surface area contributed by atoms with Crippen LogP contribution in [0.2, 0.25) is 0 Å². The minimum Gasteiger partial charge on any atom is -0.299 e. The lowest BCUT2D eigenvalue weighted by molar-refractivity contribution is 1.16. The summed E-state index contributed by atoms with van der Waals surface area (Å²) in [5.74, 6) is 0.899. The number of imidazole rings is 2. The molecule has 8 rings (SSSR count). The molecule has 0 saturated heterocycles. The number of hydrogen-bond donors (Lipinski definition) is 0. The van der Waals surface area contributed by atoms with Crippen LogP contribution in [-0.2, 0) is 0 Å². The normalized spacial score (nSPS) is 11.7. The predicted molar refractivity (Wildman–Crippen MR) is 153 cm³/mol. The van der Waals surface area contributed by atoms with Crippen LogP contribution >= 0.6 is 0 Å². The van der Waals surface area contributed by atoms with Gasteiger partial charge in [0.05, 0.1) is 27.8 Å². The molecule has 0 saturated carbocycles. The molecule has 0 bridgehead atoms. The van der Waals surface area contributed by atoms with Crippen LogP contribution in [0.3, 0.4) is 0 Å². The van der Waals surface area contributed by atoms with Gasteiger partial charge < -0.3 is 0 Å². The molecular formula is C33H21N5. The minimum absolute atomic E-state index is 0.867. The highest BCUT2D eigenvalue weighted by molar-refractivity contribution is 5.93. The van der Waals surface area contributed by atoms with Crippen molar-refractivity contribution < 1.29 is 0 Å². The van der Waals surface area contributed by atoms with Crippen LogP contribution in [0.4, 0.5) is 0 Å². The van der Waals surface area contributed by atoms with Crippen molar-refractivity contribution >= 4 is 33.1 Å². The zero-order valence-corrected chi connectivity index (χ0v) is 20.4. The number of rotatable bonds is 3. The third kappa shape index (κ3) is 3.15. The average molecular weight is 488 g/mol. The third-order valence-electron chi connectivity index (χ3n) is 7.18. The second-order valence-corrected chi connectivity index (χ2v) is 9.44. The van der Waals surface area contributed by atoms with E-state index in [0.29, 0.717) is 0 Å². The molecular weight excluding hydrogens is 466 g/mol. The van der Waals surface area contributed by atoms with Gasteiger partial charge in [-0.05, 0) is 83.2 Å². The predicted octanol–water partition coefficient (Wildman–Crippen LogP) is 7.68. The number of hydrogen-bond acceptors (Lipinski definition) is 3. The van der Waals surface area contributed by atoms with Crippen LogP contribution < -0.4 is 0 Å². The van der Waals surface area contributed by atoms with E-state index in [2.05, 4.69) is 98.8 Å². The molecule has 0 N–H and O–H groups in total. The Morgan fingerprint density at radius 2 is 1.39 bits per heavy atom. The van der Waals surface area contributed by atoms with E-state index in [4.69, 9.17) is 9.97 Å². The Hall–Kier alpha value is -5.29. The number of pyridine rings is 3. The second-order valence-electron chi connectivity index (χ2n) is 9.44. The average Bonchev–Trinajstić information content (AvgIpc) is 3.57. The molecule has 5 heteroatoms. The van der Waals surface area contributed by atoms with Crippen molar-refractivity contribution in [3.63, 3.8) is 0 Å². The van der Waals surface area contributed by atoms with Crippen LogP contribution in [0, 0.1) is 0 Å². The fourth-order valence-corrected chi connectivity index (χ4v) is 5.42. The maximum absolute atomic E-state index is 5.06. The fourth-order valence-electron chi connectivity index (χ4n) is 5.42. The molecule has 178 valence electrons. The van der Waals surface area contributed by atoms with E-state index in [1.165, 1.54) is 5.39 Å². The molecule has 0 unspecified atom stereocenters. The molecule has 0 aliphatic carbocycles. The molecule has 5 nitrogen and oxygen atoms in total. The topological polar surface area (TPSA) is 47.5 Å². The maximum Gasteiger partial charge on any atom is 0.145 e. The van der Waals surface area contributed by atoms with Gasteiger partial charge in [-0.3, -0.25) is 13.8 Å². The minimum atomic E-state index is 0.867. The van der Waals surface area contributed by atoms with E-state index < -0.39 is 0 Å². The van der Waals surface area contributed by atoms with Gasteiger partial charge in [-0.2, -0.15) is 0 Å². The Labute approximate surface area is 218 Å².